The Morgan fingerprint density at radius 2 is 1.86 bits per heavy atom. The first-order valence-corrected chi connectivity index (χ1v) is 13.1. The summed E-state index contributed by atoms with van der Waals surface area (Å²) in [6, 6.07) is 13.6. The van der Waals surface area contributed by atoms with Gasteiger partial charge in [0.25, 0.3) is 5.91 Å². The zero-order chi connectivity index (χ0) is 24.2. The summed E-state index contributed by atoms with van der Waals surface area (Å²) in [6.07, 6.45) is 10.3. The normalized spacial score (nSPS) is 25.8. The maximum absolute atomic E-state index is 12.8. The van der Waals surface area contributed by atoms with Gasteiger partial charge >= 0.3 is 0 Å². The van der Waals surface area contributed by atoms with Crippen molar-refractivity contribution in [1.82, 2.24) is 15.7 Å². The van der Waals surface area contributed by atoms with Crippen LogP contribution in [0.3, 0.4) is 0 Å². The van der Waals surface area contributed by atoms with Gasteiger partial charge in [-0.3, -0.25) is 14.5 Å². The average Bonchev–Trinajstić information content (AvgIpc) is 3.49. The maximum Gasteiger partial charge on any atom is 0.251 e. The molecule has 3 N–H and O–H groups in total. The molecule has 188 valence electrons. The number of carbonyl (C=O) groups excluding carboxylic acids is 1. The van der Waals surface area contributed by atoms with Crippen molar-refractivity contribution in [3.05, 3.63) is 64.7 Å². The first kappa shape index (κ1) is 24.3. The van der Waals surface area contributed by atoms with Crippen molar-refractivity contribution < 1.29 is 19.5 Å². The van der Waals surface area contributed by atoms with Gasteiger partial charge in [-0.1, -0.05) is 62.8 Å². The van der Waals surface area contributed by atoms with Gasteiger partial charge in [0.15, 0.2) is 0 Å². The van der Waals surface area contributed by atoms with Crippen molar-refractivity contribution in [3.8, 4) is 5.75 Å². The van der Waals surface area contributed by atoms with E-state index in [4.69, 9.17) is 9.57 Å². The van der Waals surface area contributed by atoms with Gasteiger partial charge in [-0.05, 0) is 49.1 Å². The molecular formula is C28H37N3O4. The van der Waals surface area contributed by atoms with E-state index in [0.717, 1.165) is 22.4 Å². The summed E-state index contributed by atoms with van der Waals surface area (Å²) in [5.74, 6) is 0.643. The number of ether oxygens (including phenoxy) is 1. The Morgan fingerprint density at radius 1 is 1.09 bits per heavy atom. The van der Waals surface area contributed by atoms with E-state index in [1.54, 1.807) is 24.3 Å². The lowest BCUT2D eigenvalue weighted by atomic mass is 9.99. The zero-order valence-electron chi connectivity index (χ0n) is 20.5. The molecule has 1 aliphatic carbocycles. The van der Waals surface area contributed by atoms with Crippen molar-refractivity contribution in [2.45, 2.75) is 89.4 Å². The SMILES string of the molecule is CC1ONC(c2ccc3c(c2)OC[C@H]3NC(=O)c2cccc(CO)c2)N1C1CCCCCCCC1. The molecule has 2 aliphatic heterocycles. The Labute approximate surface area is 207 Å². The summed E-state index contributed by atoms with van der Waals surface area (Å²) in [6.45, 7) is 2.44. The largest absolute Gasteiger partial charge is 0.491 e. The lowest BCUT2D eigenvalue weighted by Gasteiger charge is -2.34. The monoisotopic (exact) mass is 479 g/mol. The van der Waals surface area contributed by atoms with Crippen LogP contribution in [-0.2, 0) is 11.4 Å². The number of hydrogen-bond acceptors (Lipinski definition) is 6. The molecule has 35 heavy (non-hydrogen) atoms. The predicted molar refractivity (Wildman–Crippen MR) is 133 cm³/mol. The summed E-state index contributed by atoms with van der Waals surface area (Å²) >= 11 is 0. The smallest absolute Gasteiger partial charge is 0.251 e. The predicted octanol–water partition coefficient (Wildman–Crippen LogP) is 4.73. The number of hydroxylamine groups is 1. The fraction of sp³-hybridized carbons (Fsp3) is 0.536. The van der Waals surface area contributed by atoms with Crippen molar-refractivity contribution in [1.29, 1.82) is 0 Å². The van der Waals surface area contributed by atoms with Crippen LogP contribution in [0.1, 0.15) is 97.5 Å². The lowest BCUT2D eigenvalue weighted by Crippen LogP contribution is -2.40. The molecule has 0 aromatic heterocycles. The number of amides is 1. The second-order valence-corrected chi connectivity index (χ2v) is 10.0. The molecule has 2 aromatic carbocycles. The summed E-state index contributed by atoms with van der Waals surface area (Å²) in [4.78, 5) is 21.2. The van der Waals surface area contributed by atoms with Crippen LogP contribution in [0, 0.1) is 0 Å². The zero-order valence-corrected chi connectivity index (χ0v) is 20.5. The fourth-order valence-corrected chi connectivity index (χ4v) is 5.72. The van der Waals surface area contributed by atoms with E-state index >= 15 is 0 Å². The molecule has 1 saturated carbocycles. The molecular weight excluding hydrogens is 442 g/mol. The summed E-state index contributed by atoms with van der Waals surface area (Å²) in [5, 5.41) is 12.4. The molecule has 3 aliphatic rings. The molecule has 2 heterocycles. The molecule has 1 saturated heterocycles. The van der Waals surface area contributed by atoms with Gasteiger partial charge in [-0.25, -0.2) is 0 Å². The van der Waals surface area contributed by atoms with Crippen molar-refractivity contribution in [2.24, 2.45) is 0 Å². The molecule has 7 nitrogen and oxygen atoms in total. The topological polar surface area (TPSA) is 83.1 Å². The van der Waals surface area contributed by atoms with Gasteiger partial charge in [0, 0.05) is 17.2 Å². The van der Waals surface area contributed by atoms with Crippen LogP contribution in [-0.4, -0.2) is 34.8 Å². The highest BCUT2D eigenvalue weighted by atomic mass is 16.7. The number of fused-ring (bicyclic) bond motifs is 1. The van der Waals surface area contributed by atoms with E-state index in [-0.39, 0.29) is 30.9 Å². The van der Waals surface area contributed by atoms with Crippen LogP contribution >= 0.6 is 0 Å². The highest BCUT2D eigenvalue weighted by molar-refractivity contribution is 5.94. The second kappa shape index (κ2) is 11.1. The van der Waals surface area contributed by atoms with Crippen LogP contribution in [0.15, 0.2) is 42.5 Å². The van der Waals surface area contributed by atoms with E-state index in [9.17, 15) is 9.90 Å². The van der Waals surface area contributed by atoms with Crippen LogP contribution in [0.4, 0.5) is 0 Å². The molecule has 0 spiro atoms. The summed E-state index contributed by atoms with van der Waals surface area (Å²) < 4.78 is 6.01. The van der Waals surface area contributed by atoms with Crippen molar-refractivity contribution in [2.75, 3.05) is 6.61 Å². The van der Waals surface area contributed by atoms with Crippen LogP contribution in [0.2, 0.25) is 0 Å². The standard InChI is InChI=1S/C28H37N3O4/c1-19-31(23-11-6-4-2-3-5-7-12-23)27(30-35-19)21-13-14-24-25(18-34-26(24)16-21)29-28(33)22-10-8-9-20(15-22)17-32/h8-10,13-16,19,23,25,27,30,32H,2-7,11-12,17-18H2,1H3,(H,29,33)/t19?,25-,27?/m1/s1. The summed E-state index contributed by atoms with van der Waals surface area (Å²) in [5.41, 5.74) is 6.63. The number of nitrogens with one attached hydrogen (secondary N) is 2. The second-order valence-electron chi connectivity index (χ2n) is 10.0. The van der Waals surface area contributed by atoms with Gasteiger partial charge in [0.2, 0.25) is 0 Å². The molecule has 2 unspecified atom stereocenters. The summed E-state index contributed by atoms with van der Waals surface area (Å²) in [7, 11) is 0. The van der Waals surface area contributed by atoms with E-state index in [1.807, 2.05) is 0 Å². The number of benzene rings is 2. The van der Waals surface area contributed by atoms with E-state index in [0.29, 0.717) is 18.2 Å². The molecule has 3 atom stereocenters. The highest BCUT2D eigenvalue weighted by Gasteiger charge is 2.38. The van der Waals surface area contributed by atoms with Gasteiger partial charge < -0.3 is 15.2 Å². The maximum atomic E-state index is 12.8. The third-order valence-electron chi connectivity index (χ3n) is 7.63. The molecule has 1 amide bonds. The Bertz CT molecular complexity index is 1020. The lowest BCUT2D eigenvalue weighted by molar-refractivity contribution is -0.0119. The Kier molecular flexibility index (Phi) is 7.68. The highest BCUT2D eigenvalue weighted by Crippen LogP contribution is 2.38. The van der Waals surface area contributed by atoms with Crippen LogP contribution < -0.4 is 15.5 Å². The molecule has 0 radical (unpaired) electrons. The number of aliphatic hydroxyl groups is 1. The Morgan fingerprint density at radius 3 is 2.63 bits per heavy atom. The van der Waals surface area contributed by atoms with Gasteiger partial charge in [-0.2, -0.15) is 5.48 Å². The quantitative estimate of drug-likeness (QED) is 0.575. The van der Waals surface area contributed by atoms with E-state index < -0.39 is 0 Å². The Balaban J connectivity index is 1.30. The van der Waals surface area contributed by atoms with Crippen molar-refractivity contribution >= 4 is 5.91 Å². The van der Waals surface area contributed by atoms with Gasteiger partial charge in [0.05, 0.1) is 12.6 Å². The van der Waals surface area contributed by atoms with Crippen LogP contribution in [0.5, 0.6) is 5.75 Å². The molecule has 2 fully saturated rings. The third-order valence-corrected chi connectivity index (χ3v) is 7.63. The average molecular weight is 480 g/mol. The number of nitrogens with zero attached hydrogens (tertiary/aromatic N) is 1. The van der Waals surface area contributed by atoms with Crippen molar-refractivity contribution in [3.63, 3.8) is 0 Å². The first-order valence-electron chi connectivity index (χ1n) is 13.1. The van der Waals surface area contributed by atoms with Gasteiger partial charge in [0.1, 0.15) is 24.8 Å². The molecule has 5 rings (SSSR count). The minimum Gasteiger partial charge on any atom is -0.491 e. The van der Waals surface area contributed by atoms with E-state index in [2.05, 4.69) is 40.8 Å². The minimum absolute atomic E-state index is 0.0143. The van der Waals surface area contributed by atoms with E-state index in [1.165, 1.54) is 51.4 Å². The van der Waals surface area contributed by atoms with Crippen LogP contribution in [0.25, 0.3) is 0 Å². The molecule has 0 bridgehead atoms. The minimum atomic E-state index is -0.207. The first-order chi connectivity index (χ1) is 17.1. The van der Waals surface area contributed by atoms with Gasteiger partial charge in [-0.15, -0.1) is 0 Å². The third kappa shape index (κ3) is 5.38. The number of carbonyl (C=O) groups is 1. The number of hydrogen-bond donors (Lipinski definition) is 3. The number of rotatable bonds is 5. The molecule has 7 heteroatoms. The Hall–Kier alpha value is -2.45. The fourth-order valence-electron chi connectivity index (χ4n) is 5.72. The molecule has 2 aromatic rings. The number of aliphatic hydroxyl groups excluding tert-OH is 1.